The number of Topliss-reactive ketones (excluding diaryl/α,β-unsaturated/α-hetero) is 1. The second kappa shape index (κ2) is 21.4. The lowest BCUT2D eigenvalue weighted by molar-refractivity contribution is -0.142. The van der Waals surface area contributed by atoms with Crippen LogP contribution in [0.15, 0.2) is 30.3 Å². The summed E-state index contributed by atoms with van der Waals surface area (Å²) >= 11 is 0. The van der Waals surface area contributed by atoms with Crippen LogP contribution in [0.4, 0.5) is 5.69 Å². The molecule has 5 atom stereocenters. The minimum absolute atomic E-state index is 0.0227. The van der Waals surface area contributed by atoms with Crippen molar-refractivity contribution < 1.29 is 48.6 Å². The Morgan fingerprint density at radius 1 is 0.803 bits per heavy atom. The number of amides is 5. The molecule has 332 valence electrons. The van der Waals surface area contributed by atoms with Crippen molar-refractivity contribution in [3.8, 4) is 0 Å². The SMILES string of the molecule is CCCCCCCCCC(=O)NCC1N2C([C@H](N)C(=O)C[C@H](CCN3C(=O)c4cccc5c(N(C)C)ccc(c45)C3=O)C(=O)NCC[C@@H](NC(=O)CCCC(=O)O)C(=O)O)N12. The highest BCUT2D eigenvalue weighted by Crippen LogP contribution is 2.49. The van der Waals surface area contributed by atoms with Gasteiger partial charge in [0.05, 0.1) is 6.04 Å². The Morgan fingerprint density at radius 2 is 1.46 bits per heavy atom. The molecule has 5 amide bonds. The second-order valence-corrected chi connectivity index (χ2v) is 16.3. The van der Waals surface area contributed by atoms with Crippen LogP contribution < -0.4 is 26.6 Å². The zero-order chi connectivity index (χ0) is 44.4. The molecule has 2 aromatic rings. The summed E-state index contributed by atoms with van der Waals surface area (Å²) in [4.78, 5) is 105. The van der Waals surface area contributed by atoms with Gasteiger partial charge >= 0.3 is 11.9 Å². The molecule has 2 aromatic carbocycles. The smallest absolute Gasteiger partial charge is 0.326 e. The first-order valence-corrected chi connectivity index (χ1v) is 21.4. The standard InChI is InChI=1S/C43H60N8O10/c1-4-5-6-7-8-9-10-15-33(53)46-25-35-50-40(51(35)50)38(44)32(52)24-26(39(57)45-22-20-30(43(60)61)47-34(54)16-12-17-36(55)56)21-23-49-41(58)28-14-11-13-27-31(48(2)3)19-18-29(37(27)28)42(49)59/h11,13-14,18-19,26,30,35,38,40H,4-10,12,15-17,20-25,44H2,1-3H3,(H,45,57)(H,46,53)(H,47,54)(H,55,56)(H,60,61)/t26-,30+,35?,38+,40?,50?,51?/m0/s1. The van der Waals surface area contributed by atoms with E-state index in [9.17, 15) is 43.5 Å². The van der Waals surface area contributed by atoms with Crippen LogP contribution in [-0.2, 0) is 28.8 Å². The highest BCUT2D eigenvalue weighted by molar-refractivity contribution is 6.26. The van der Waals surface area contributed by atoms with Gasteiger partial charge in [0.25, 0.3) is 11.8 Å². The fourth-order valence-corrected chi connectivity index (χ4v) is 8.08. The number of rotatable bonds is 28. The van der Waals surface area contributed by atoms with Gasteiger partial charge in [0.15, 0.2) is 5.78 Å². The van der Waals surface area contributed by atoms with Gasteiger partial charge in [-0.3, -0.25) is 38.5 Å². The van der Waals surface area contributed by atoms with Crippen LogP contribution in [0.1, 0.15) is 118 Å². The number of nitrogens with zero attached hydrogens (tertiary/aromatic N) is 4. The summed E-state index contributed by atoms with van der Waals surface area (Å²) < 4.78 is 0. The average molecular weight is 849 g/mol. The number of hydrazine groups is 1. The lowest BCUT2D eigenvalue weighted by Gasteiger charge is -2.29. The Kier molecular flexibility index (Phi) is 16.3. The van der Waals surface area contributed by atoms with E-state index in [1.54, 1.807) is 24.3 Å². The van der Waals surface area contributed by atoms with Crippen LogP contribution >= 0.6 is 0 Å². The Morgan fingerprint density at radius 3 is 2.11 bits per heavy atom. The summed E-state index contributed by atoms with van der Waals surface area (Å²) in [5, 5.41) is 31.5. The molecule has 0 aromatic heterocycles. The molecular formula is C43H60N8O10. The normalized spacial score (nSPS) is 20.0. The third-order valence-electron chi connectivity index (χ3n) is 11.6. The highest BCUT2D eigenvalue weighted by atomic mass is 16.4. The molecule has 3 heterocycles. The number of nitrogens with two attached hydrogens (primary N) is 1. The summed E-state index contributed by atoms with van der Waals surface area (Å²) in [6, 6.07) is 6.32. The predicted molar refractivity (Wildman–Crippen MR) is 225 cm³/mol. The number of carboxylic acid groups (broad SMARTS) is 2. The Hall–Kier alpha value is -5.46. The van der Waals surface area contributed by atoms with E-state index >= 15 is 0 Å². The number of carbonyl (C=O) groups is 8. The van der Waals surface area contributed by atoms with Crippen molar-refractivity contribution in [2.24, 2.45) is 11.7 Å². The van der Waals surface area contributed by atoms with Crippen molar-refractivity contribution >= 4 is 63.7 Å². The molecule has 0 radical (unpaired) electrons. The molecule has 61 heavy (non-hydrogen) atoms. The van der Waals surface area contributed by atoms with E-state index in [4.69, 9.17) is 10.8 Å². The van der Waals surface area contributed by atoms with Gasteiger partial charge in [-0.05, 0) is 43.9 Å². The zero-order valence-corrected chi connectivity index (χ0v) is 35.3. The molecule has 18 heteroatoms. The number of imide groups is 1. The maximum absolute atomic E-state index is 13.8. The monoisotopic (exact) mass is 848 g/mol. The number of carbonyl (C=O) groups excluding carboxylic acids is 6. The number of hydrogen-bond donors (Lipinski definition) is 6. The summed E-state index contributed by atoms with van der Waals surface area (Å²) in [6.07, 6.45) is 6.72. The second-order valence-electron chi connectivity index (χ2n) is 16.3. The van der Waals surface area contributed by atoms with Crippen LogP contribution in [0.2, 0.25) is 0 Å². The molecule has 2 unspecified atom stereocenters. The number of nitrogens with one attached hydrogen (secondary N) is 3. The quantitative estimate of drug-likeness (QED) is 0.0409. The number of carboxylic acids is 2. The van der Waals surface area contributed by atoms with Crippen LogP contribution in [0.25, 0.3) is 10.8 Å². The predicted octanol–water partition coefficient (Wildman–Crippen LogP) is 2.58. The topological polar surface area (TPSA) is 252 Å². The first-order chi connectivity index (χ1) is 29.2. The van der Waals surface area contributed by atoms with Gasteiger partial charge in [0.2, 0.25) is 17.7 Å². The maximum atomic E-state index is 13.8. The van der Waals surface area contributed by atoms with E-state index in [1.807, 2.05) is 35.1 Å². The molecule has 0 bridgehead atoms. The van der Waals surface area contributed by atoms with Crippen LogP contribution in [0, 0.1) is 5.92 Å². The van der Waals surface area contributed by atoms with Crippen molar-refractivity contribution in [3.05, 3.63) is 41.5 Å². The van der Waals surface area contributed by atoms with E-state index in [2.05, 4.69) is 22.9 Å². The van der Waals surface area contributed by atoms with Crippen LogP contribution in [0.3, 0.4) is 0 Å². The van der Waals surface area contributed by atoms with Gasteiger partial charge in [-0.2, -0.15) is 10.0 Å². The molecule has 7 N–H and O–H groups in total. The van der Waals surface area contributed by atoms with Gasteiger partial charge in [-0.15, -0.1) is 0 Å². The largest absolute Gasteiger partial charge is 0.481 e. The molecule has 5 rings (SSSR count). The lowest BCUT2D eigenvalue weighted by Crippen LogP contribution is -2.48. The fraction of sp³-hybridized carbons (Fsp3) is 0.581. The Balaban J connectivity index is 1.18. The van der Waals surface area contributed by atoms with Gasteiger partial charge < -0.3 is 36.8 Å². The Labute approximate surface area is 355 Å². The molecule has 3 aliphatic heterocycles. The zero-order valence-electron chi connectivity index (χ0n) is 35.3. The van der Waals surface area contributed by atoms with Crippen molar-refractivity contribution in [1.82, 2.24) is 30.9 Å². The van der Waals surface area contributed by atoms with Gasteiger partial charge in [-0.25, -0.2) is 4.79 Å². The van der Waals surface area contributed by atoms with E-state index in [0.717, 1.165) is 35.2 Å². The maximum Gasteiger partial charge on any atom is 0.326 e. The van der Waals surface area contributed by atoms with E-state index < -0.39 is 65.5 Å². The van der Waals surface area contributed by atoms with Crippen molar-refractivity contribution in [2.45, 2.75) is 121 Å². The number of fused-ring (bicyclic) bond motifs is 1. The third kappa shape index (κ3) is 11.9. The number of hydrogen-bond acceptors (Lipinski definition) is 12. The molecule has 3 aliphatic rings. The lowest BCUT2D eigenvalue weighted by atomic mass is 9.91. The minimum Gasteiger partial charge on any atom is -0.481 e. The molecule has 0 aliphatic carbocycles. The van der Waals surface area contributed by atoms with Gasteiger partial charge in [0, 0.05) is 92.9 Å². The highest BCUT2D eigenvalue weighted by Gasteiger charge is 2.72. The first-order valence-electron chi connectivity index (χ1n) is 21.4. The molecule has 2 fully saturated rings. The minimum atomic E-state index is -1.38. The Bertz CT molecular complexity index is 1960. The number of ketones is 1. The third-order valence-corrected chi connectivity index (χ3v) is 11.6. The van der Waals surface area contributed by atoms with Gasteiger partial charge in [-0.1, -0.05) is 57.6 Å². The fourth-order valence-electron chi connectivity index (χ4n) is 8.08. The first kappa shape index (κ1) is 46.6. The number of benzene rings is 2. The number of unbranched alkanes of at least 4 members (excludes halogenated alkanes) is 6. The summed E-state index contributed by atoms with van der Waals surface area (Å²) in [5.41, 5.74) is 7.90. The van der Waals surface area contributed by atoms with Crippen LogP contribution in [-0.4, -0.2) is 131 Å². The van der Waals surface area contributed by atoms with Gasteiger partial charge in [0.1, 0.15) is 18.4 Å². The summed E-state index contributed by atoms with van der Waals surface area (Å²) in [5.74, 6) is -6.32. The number of aliphatic carboxylic acids is 2. The average Bonchev–Trinajstić information content (AvgIpc) is 4.14. The molecule has 0 spiro atoms. The molecule has 2 saturated heterocycles. The van der Waals surface area contributed by atoms with E-state index in [-0.39, 0.29) is 63.7 Å². The van der Waals surface area contributed by atoms with E-state index in [0.29, 0.717) is 29.5 Å². The number of anilines is 1. The van der Waals surface area contributed by atoms with Crippen molar-refractivity contribution in [1.29, 1.82) is 0 Å². The molecular weight excluding hydrogens is 789 g/mol. The van der Waals surface area contributed by atoms with Crippen molar-refractivity contribution in [3.63, 3.8) is 0 Å². The summed E-state index contributed by atoms with van der Waals surface area (Å²) in [6.45, 7) is 2.17. The molecule has 18 nitrogen and oxygen atoms in total. The van der Waals surface area contributed by atoms with Crippen LogP contribution in [0.5, 0.6) is 0 Å². The summed E-state index contributed by atoms with van der Waals surface area (Å²) in [7, 11) is 3.73. The molecule has 0 saturated carbocycles. The van der Waals surface area contributed by atoms with Crippen molar-refractivity contribution in [2.75, 3.05) is 38.6 Å². The van der Waals surface area contributed by atoms with E-state index in [1.165, 1.54) is 25.7 Å².